The number of thiazole rings is 1. The van der Waals surface area contributed by atoms with Crippen molar-refractivity contribution in [3.63, 3.8) is 0 Å². The number of rotatable bonds is 4. The van der Waals surface area contributed by atoms with Gasteiger partial charge in [0, 0.05) is 18.9 Å². The van der Waals surface area contributed by atoms with Crippen LogP contribution in [0, 0.1) is 0 Å². The van der Waals surface area contributed by atoms with Crippen LogP contribution in [0.5, 0.6) is 0 Å². The largest absolute Gasteiger partial charge is 0.390 e. The van der Waals surface area contributed by atoms with E-state index in [9.17, 15) is 0 Å². The van der Waals surface area contributed by atoms with E-state index in [-0.39, 0.29) is 12.7 Å². The smallest absolute Gasteiger partial charge is 0.0955 e. The molecule has 0 aromatic carbocycles. The molecular formula is C8H13NO2S. The van der Waals surface area contributed by atoms with Gasteiger partial charge >= 0.3 is 0 Å². The third-order valence-corrected chi connectivity index (χ3v) is 2.55. The molecule has 1 aromatic rings. The van der Waals surface area contributed by atoms with Gasteiger partial charge < -0.3 is 9.84 Å². The average molecular weight is 187 g/mol. The standard InChI is InChI=1S/C8H13NO2S/c1-6(11-2)3-8-9-7(4-10)5-12-8/h5-6,10H,3-4H2,1-2H3. The first kappa shape index (κ1) is 9.64. The number of nitrogens with zero attached hydrogens (tertiary/aromatic N) is 1. The fourth-order valence-electron chi connectivity index (χ4n) is 0.845. The molecule has 1 heterocycles. The molecule has 68 valence electrons. The van der Waals surface area contributed by atoms with Crippen LogP contribution in [-0.4, -0.2) is 23.3 Å². The summed E-state index contributed by atoms with van der Waals surface area (Å²) in [5.74, 6) is 0. The van der Waals surface area contributed by atoms with Gasteiger partial charge in [-0.1, -0.05) is 0 Å². The molecule has 12 heavy (non-hydrogen) atoms. The lowest BCUT2D eigenvalue weighted by Crippen LogP contribution is -2.08. The fraction of sp³-hybridized carbons (Fsp3) is 0.625. The van der Waals surface area contributed by atoms with E-state index in [1.54, 1.807) is 18.4 Å². The molecule has 3 nitrogen and oxygen atoms in total. The van der Waals surface area contributed by atoms with E-state index in [4.69, 9.17) is 9.84 Å². The van der Waals surface area contributed by atoms with Crippen LogP contribution in [0.4, 0.5) is 0 Å². The van der Waals surface area contributed by atoms with Crippen LogP contribution < -0.4 is 0 Å². The summed E-state index contributed by atoms with van der Waals surface area (Å²) >= 11 is 1.57. The monoisotopic (exact) mass is 187 g/mol. The Kier molecular flexibility index (Phi) is 3.65. The first-order valence-corrected chi connectivity index (χ1v) is 4.71. The highest BCUT2D eigenvalue weighted by molar-refractivity contribution is 7.09. The molecule has 1 atom stereocenters. The third-order valence-electron chi connectivity index (χ3n) is 1.63. The number of methoxy groups -OCH3 is 1. The zero-order valence-electron chi connectivity index (χ0n) is 7.28. The van der Waals surface area contributed by atoms with Crippen LogP contribution in [0.15, 0.2) is 5.38 Å². The number of aliphatic hydroxyl groups is 1. The lowest BCUT2D eigenvalue weighted by atomic mass is 10.3. The minimum atomic E-state index is 0.0257. The molecule has 1 aromatic heterocycles. The van der Waals surface area contributed by atoms with Gasteiger partial charge in [0.05, 0.1) is 23.4 Å². The molecule has 0 aliphatic carbocycles. The average Bonchev–Trinajstić information content (AvgIpc) is 2.52. The Balaban J connectivity index is 2.52. The van der Waals surface area contributed by atoms with Crippen molar-refractivity contribution in [3.8, 4) is 0 Å². The van der Waals surface area contributed by atoms with Gasteiger partial charge in [-0.3, -0.25) is 0 Å². The molecule has 0 saturated carbocycles. The van der Waals surface area contributed by atoms with Crippen molar-refractivity contribution in [1.29, 1.82) is 0 Å². The van der Waals surface area contributed by atoms with E-state index in [0.717, 1.165) is 17.1 Å². The number of ether oxygens (including phenoxy) is 1. The predicted octanol–water partition coefficient (Wildman–Crippen LogP) is 1.21. The molecule has 0 fully saturated rings. The lowest BCUT2D eigenvalue weighted by molar-refractivity contribution is 0.118. The first-order chi connectivity index (χ1) is 5.76. The second-order valence-corrected chi connectivity index (χ2v) is 3.58. The van der Waals surface area contributed by atoms with Crippen LogP contribution >= 0.6 is 11.3 Å². The maximum absolute atomic E-state index is 8.76. The Hall–Kier alpha value is -0.450. The van der Waals surface area contributed by atoms with Crippen molar-refractivity contribution >= 4 is 11.3 Å². The quantitative estimate of drug-likeness (QED) is 0.770. The van der Waals surface area contributed by atoms with E-state index in [1.807, 2.05) is 12.3 Å². The summed E-state index contributed by atoms with van der Waals surface area (Å²) in [6.45, 7) is 2.03. The van der Waals surface area contributed by atoms with Crippen LogP contribution in [0.1, 0.15) is 17.6 Å². The summed E-state index contributed by atoms with van der Waals surface area (Å²) in [6.07, 6.45) is 1.02. The molecule has 0 aliphatic heterocycles. The first-order valence-electron chi connectivity index (χ1n) is 3.83. The highest BCUT2D eigenvalue weighted by atomic mass is 32.1. The second kappa shape index (κ2) is 4.54. The number of aliphatic hydroxyl groups excluding tert-OH is 1. The molecule has 0 bridgehead atoms. The van der Waals surface area contributed by atoms with Gasteiger partial charge in [0.1, 0.15) is 0 Å². The van der Waals surface area contributed by atoms with Crippen molar-refractivity contribution in [3.05, 3.63) is 16.1 Å². The van der Waals surface area contributed by atoms with Crippen molar-refractivity contribution in [1.82, 2.24) is 4.98 Å². The van der Waals surface area contributed by atoms with Crippen LogP contribution in [-0.2, 0) is 17.8 Å². The minimum absolute atomic E-state index is 0.0257. The molecule has 1 rings (SSSR count). The molecule has 0 aliphatic rings. The van der Waals surface area contributed by atoms with Gasteiger partial charge in [-0.25, -0.2) is 4.98 Å². The van der Waals surface area contributed by atoms with E-state index in [0.29, 0.717) is 0 Å². The minimum Gasteiger partial charge on any atom is -0.390 e. The summed E-state index contributed by atoms with van der Waals surface area (Å²) in [5, 5.41) is 11.6. The van der Waals surface area contributed by atoms with E-state index in [1.165, 1.54) is 0 Å². The highest BCUT2D eigenvalue weighted by Gasteiger charge is 2.05. The van der Waals surface area contributed by atoms with Crippen LogP contribution in [0.3, 0.4) is 0 Å². The van der Waals surface area contributed by atoms with Gasteiger partial charge in [0.2, 0.25) is 0 Å². The van der Waals surface area contributed by atoms with Crippen LogP contribution in [0.25, 0.3) is 0 Å². The molecule has 4 heteroatoms. The Morgan fingerprint density at radius 1 is 1.75 bits per heavy atom. The summed E-state index contributed by atoms with van der Waals surface area (Å²) in [4.78, 5) is 4.21. The van der Waals surface area contributed by atoms with Gasteiger partial charge in [0.25, 0.3) is 0 Å². The Bertz CT molecular complexity index is 237. The van der Waals surface area contributed by atoms with E-state index < -0.39 is 0 Å². The van der Waals surface area contributed by atoms with Crippen molar-refractivity contribution in [2.24, 2.45) is 0 Å². The zero-order valence-corrected chi connectivity index (χ0v) is 8.10. The van der Waals surface area contributed by atoms with Crippen molar-refractivity contribution in [2.75, 3.05) is 7.11 Å². The maximum atomic E-state index is 8.76. The maximum Gasteiger partial charge on any atom is 0.0955 e. The Morgan fingerprint density at radius 3 is 3.00 bits per heavy atom. The van der Waals surface area contributed by atoms with Crippen LogP contribution in [0.2, 0.25) is 0 Å². The molecular weight excluding hydrogens is 174 g/mol. The number of hydrogen-bond donors (Lipinski definition) is 1. The third kappa shape index (κ3) is 2.55. The molecule has 0 amide bonds. The van der Waals surface area contributed by atoms with Gasteiger partial charge in [-0.2, -0.15) is 0 Å². The second-order valence-electron chi connectivity index (χ2n) is 2.64. The molecule has 1 N–H and O–H groups in total. The molecule has 0 spiro atoms. The summed E-state index contributed by atoms with van der Waals surface area (Å²) in [5.41, 5.74) is 0.748. The highest BCUT2D eigenvalue weighted by Crippen LogP contribution is 2.12. The van der Waals surface area contributed by atoms with Gasteiger partial charge in [-0.05, 0) is 6.92 Å². The Labute approximate surface area is 76.0 Å². The van der Waals surface area contributed by atoms with Gasteiger partial charge in [0.15, 0.2) is 0 Å². The van der Waals surface area contributed by atoms with Crippen molar-refractivity contribution in [2.45, 2.75) is 26.1 Å². The zero-order chi connectivity index (χ0) is 8.97. The molecule has 1 unspecified atom stereocenters. The summed E-state index contributed by atoms with van der Waals surface area (Å²) < 4.78 is 5.10. The van der Waals surface area contributed by atoms with Gasteiger partial charge in [-0.15, -0.1) is 11.3 Å². The fourth-order valence-corrected chi connectivity index (χ4v) is 1.74. The predicted molar refractivity (Wildman–Crippen MR) is 48.2 cm³/mol. The lowest BCUT2D eigenvalue weighted by Gasteiger charge is -2.05. The summed E-state index contributed by atoms with van der Waals surface area (Å²) in [7, 11) is 1.69. The normalized spacial score (nSPS) is 13.2. The Morgan fingerprint density at radius 2 is 2.50 bits per heavy atom. The number of aromatic nitrogens is 1. The number of hydrogen-bond acceptors (Lipinski definition) is 4. The van der Waals surface area contributed by atoms with E-state index in [2.05, 4.69) is 4.98 Å². The topological polar surface area (TPSA) is 42.4 Å². The summed E-state index contributed by atoms with van der Waals surface area (Å²) in [6, 6.07) is 0. The molecule has 0 saturated heterocycles. The van der Waals surface area contributed by atoms with E-state index >= 15 is 0 Å². The SMILES string of the molecule is COC(C)Cc1nc(CO)cs1. The molecule has 0 radical (unpaired) electrons. The van der Waals surface area contributed by atoms with Crippen molar-refractivity contribution < 1.29 is 9.84 Å².